The number of aromatic nitrogens is 2. The van der Waals surface area contributed by atoms with Gasteiger partial charge in [-0.25, -0.2) is 4.98 Å². The summed E-state index contributed by atoms with van der Waals surface area (Å²) in [5.41, 5.74) is 1.54. The average molecular weight is 251 g/mol. The van der Waals surface area contributed by atoms with Crippen LogP contribution in [0, 0.1) is 5.41 Å². The second-order valence-corrected chi connectivity index (χ2v) is 6.20. The Labute approximate surface area is 110 Å². The van der Waals surface area contributed by atoms with Gasteiger partial charge in [-0.05, 0) is 39.2 Å². The Morgan fingerprint density at radius 1 is 1.44 bits per heavy atom. The second-order valence-electron chi connectivity index (χ2n) is 6.20. The molecule has 0 radical (unpaired) electrons. The Kier molecular flexibility index (Phi) is 3.78. The van der Waals surface area contributed by atoms with Crippen molar-refractivity contribution in [3.05, 3.63) is 18.2 Å². The normalized spacial score (nSPS) is 20.0. The predicted octanol–water partition coefficient (Wildman–Crippen LogP) is 2.15. The summed E-state index contributed by atoms with van der Waals surface area (Å²) in [5.74, 6) is 0. The third kappa shape index (κ3) is 2.75. The van der Waals surface area contributed by atoms with E-state index in [0.717, 1.165) is 32.6 Å². The number of nitrogens with one attached hydrogen (secondary N) is 1. The maximum Gasteiger partial charge on any atom is 0.0948 e. The first-order valence-corrected chi connectivity index (χ1v) is 6.74. The van der Waals surface area contributed by atoms with Gasteiger partial charge in [0.15, 0.2) is 0 Å². The molecule has 18 heavy (non-hydrogen) atoms. The van der Waals surface area contributed by atoms with Crippen molar-refractivity contribution in [3.63, 3.8) is 0 Å². The Morgan fingerprint density at radius 3 is 2.72 bits per heavy atom. The molecule has 0 aliphatic carbocycles. The van der Waals surface area contributed by atoms with Crippen LogP contribution in [-0.2, 0) is 16.8 Å². The lowest BCUT2D eigenvalue weighted by molar-refractivity contribution is 0.0147. The molecule has 2 rings (SSSR count). The monoisotopic (exact) mass is 251 g/mol. The van der Waals surface area contributed by atoms with Crippen molar-refractivity contribution in [2.24, 2.45) is 5.41 Å². The van der Waals surface area contributed by atoms with Crippen LogP contribution in [0.5, 0.6) is 0 Å². The van der Waals surface area contributed by atoms with Crippen LogP contribution < -0.4 is 5.32 Å². The number of rotatable bonds is 4. The molecule has 1 aliphatic rings. The van der Waals surface area contributed by atoms with Crippen molar-refractivity contribution in [2.75, 3.05) is 20.3 Å². The molecule has 0 spiro atoms. The summed E-state index contributed by atoms with van der Waals surface area (Å²) in [6, 6.07) is 0. The number of hydrogen-bond donors (Lipinski definition) is 1. The van der Waals surface area contributed by atoms with E-state index < -0.39 is 0 Å². The van der Waals surface area contributed by atoms with Gasteiger partial charge in [-0.2, -0.15) is 0 Å². The molecule has 1 N–H and O–H groups in total. The van der Waals surface area contributed by atoms with Crippen molar-refractivity contribution >= 4 is 0 Å². The Morgan fingerprint density at radius 2 is 2.11 bits per heavy atom. The summed E-state index contributed by atoms with van der Waals surface area (Å²) >= 11 is 0. The van der Waals surface area contributed by atoms with Gasteiger partial charge < -0.3 is 14.6 Å². The maximum absolute atomic E-state index is 5.47. The van der Waals surface area contributed by atoms with Gasteiger partial charge in [0, 0.05) is 26.0 Å². The average Bonchev–Trinajstić information content (AvgIpc) is 2.78. The molecule has 0 unspecified atom stereocenters. The summed E-state index contributed by atoms with van der Waals surface area (Å²) < 4.78 is 7.76. The van der Waals surface area contributed by atoms with Crippen molar-refractivity contribution in [1.29, 1.82) is 0 Å². The lowest BCUT2D eigenvalue weighted by Gasteiger charge is -2.35. The Balaban J connectivity index is 2.17. The van der Waals surface area contributed by atoms with Crippen molar-refractivity contribution in [3.8, 4) is 0 Å². The molecule has 2 heterocycles. The highest BCUT2D eigenvalue weighted by Crippen LogP contribution is 2.33. The SMILES string of the molecule is CNC(C)(C)c1cncn1CC1(C)CCOCC1. The third-order valence-electron chi connectivity index (χ3n) is 4.23. The number of nitrogens with zero attached hydrogens (tertiary/aromatic N) is 2. The summed E-state index contributed by atoms with van der Waals surface area (Å²) in [6.45, 7) is 9.52. The third-order valence-corrected chi connectivity index (χ3v) is 4.23. The molecular weight excluding hydrogens is 226 g/mol. The van der Waals surface area contributed by atoms with Crippen molar-refractivity contribution < 1.29 is 4.74 Å². The van der Waals surface area contributed by atoms with Crippen molar-refractivity contribution in [1.82, 2.24) is 14.9 Å². The van der Waals surface area contributed by atoms with Crippen LogP contribution in [-0.4, -0.2) is 29.8 Å². The molecule has 1 aromatic rings. The van der Waals surface area contributed by atoms with Gasteiger partial charge in [-0.1, -0.05) is 6.92 Å². The minimum absolute atomic E-state index is 0.0436. The van der Waals surface area contributed by atoms with Gasteiger partial charge in [-0.3, -0.25) is 0 Å². The first-order valence-electron chi connectivity index (χ1n) is 6.74. The molecule has 1 fully saturated rings. The van der Waals surface area contributed by atoms with E-state index in [1.165, 1.54) is 5.69 Å². The molecule has 1 saturated heterocycles. The van der Waals surface area contributed by atoms with Crippen LogP contribution in [0.15, 0.2) is 12.5 Å². The fourth-order valence-corrected chi connectivity index (χ4v) is 2.53. The van der Waals surface area contributed by atoms with E-state index >= 15 is 0 Å². The lowest BCUT2D eigenvalue weighted by Crippen LogP contribution is -2.38. The van der Waals surface area contributed by atoms with E-state index in [2.05, 4.69) is 35.6 Å². The van der Waals surface area contributed by atoms with Gasteiger partial charge in [0.05, 0.1) is 17.6 Å². The Hall–Kier alpha value is -0.870. The smallest absolute Gasteiger partial charge is 0.0948 e. The summed E-state index contributed by atoms with van der Waals surface area (Å²) in [4.78, 5) is 4.32. The molecule has 4 heteroatoms. The minimum Gasteiger partial charge on any atom is -0.381 e. The highest BCUT2D eigenvalue weighted by molar-refractivity contribution is 5.11. The molecule has 0 amide bonds. The fraction of sp³-hybridized carbons (Fsp3) is 0.786. The van der Waals surface area contributed by atoms with E-state index in [9.17, 15) is 0 Å². The van der Waals surface area contributed by atoms with E-state index in [-0.39, 0.29) is 5.54 Å². The van der Waals surface area contributed by atoms with Crippen LogP contribution in [0.1, 0.15) is 39.3 Å². The minimum atomic E-state index is -0.0436. The quantitative estimate of drug-likeness (QED) is 0.891. The van der Waals surface area contributed by atoms with Gasteiger partial charge in [0.1, 0.15) is 0 Å². The molecular formula is C14H25N3O. The fourth-order valence-electron chi connectivity index (χ4n) is 2.53. The van der Waals surface area contributed by atoms with Crippen LogP contribution in [0.2, 0.25) is 0 Å². The standard InChI is InChI=1S/C14H25N3O/c1-13(2,15-4)12-9-16-11-17(12)10-14(3)5-7-18-8-6-14/h9,11,15H,5-8,10H2,1-4H3. The molecule has 0 saturated carbocycles. The number of ether oxygens (including phenoxy) is 1. The van der Waals surface area contributed by atoms with Crippen molar-refractivity contribution in [2.45, 2.75) is 45.7 Å². The van der Waals surface area contributed by atoms with Gasteiger partial charge in [-0.15, -0.1) is 0 Å². The Bertz CT molecular complexity index is 391. The first kappa shape index (κ1) is 13.6. The zero-order valence-corrected chi connectivity index (χ0v) is 12.0. The molecule has 0 bridgehead atoms. The molecule has 102 valence electrons. The summed E-state index contributed by atoms with van der Waals surface area (Å²) in [5, 5.41) is 3.35. The summed E-state index contributed by atoms with van der Waals surface area (Å²) in [6.07, 6.45) is 6.18. The molecule has 0 atom stereocenters. The second kappa shape index (κ2) is 5.02. The van der Waals surface area contributed by atoms with Crippen LogP contribution >= 0.6 is 0 Å². The predicted molar refractivity (Wildman–Crippen MR) is 72.5 cm³/mol. The van der Waals surface area contributed by atoms with Gasteiger partial charge in [0.2, 0.25) is 0 Å². The van der Waals surface area contributed by atoms with Crippen LogP contribution in [0.25, 0.3) is 0 Å². The highest BCUT2D eigenvalue weighted by atomic mass is 16.5. The van der Waals surface area contributed by atoms with Gasteiger partial charge in [0.25, 0.3) is 0 Å². The van der Waals surface area contributed by atoms with E-state index in [1.807, 2.05) is 19.6 Å². The number of imidazole rings is 1. The van der Waals surface area contributed by atoms with Crippen LogP contribution in [0.3, 0.4) is 0 Å². The molecule has 0 aromatic carbocycles. The zero-order chi connectivity index (χ0) is 13.2. The largest absolute Gasteiger partial charge is 0.381 e. The first-order chi connectivity index (χ1) is 8.47. The highest BCUT2D eigenvalue weighted by Gasteiger charge is 2.30. The summed E-state index contributed by atoms with van der Waals surface area (Å²) in [7, 11) is 1.99. The van der Waals surface area contributed by atoms with E-state index in [0.29, 0.717) is 5.41 Å². The topological polar surface area (TPSA) is 39.1 Å². The maximum atomic E-state index is 5.47. The lowest BCUT2D eigenvalue weighted by atomic mass is 9.82. The van der Waals surface area contributed by atoms with Crippen LogP contribution in [0.4, 0.5) is 0 Å². The molecule has 4 nitrogen and oxygen atoms in total. The molecule has 1 aromatic heterocycles. The zero-order valence-electron chi connectivity index (χ0n) is 12.0. The van der Waals surface area contributed by atoms with Gasteiger partial charge >= 0.3 is 0 Å². The van der Waals surface area contributed by atoms with E-state index in [4.69, 9.17) is 4.74 Å². The van der Waals surface area contributed by atoms with E-state index in [1.54, 1.807) is 0 Å². The number of hydrogen-bond acceptors (Lipinski definition) is 3. The molecule has 1 aliphatic heterocycles.